The number of rotatable bonds is 4. The number of methoxy groups -OCH3 is 1. The maximum atomic E-state index is 14.4. The zero-order chi connectivity index (χ0) is 21.5. The number of pyridine rings is 1. The molecule has 1 aliphatic carbocycles. The summed E-state index contributed by atoms with van der Waals surface area (Å²) in [6.45, 7) is 0. The molecule has 1 aromatic carbocycles. The van der Waals surface area contributed by atoms with Crippen LogP contribution in [0.2, 0.25) is 0 Å². The van der Waals surface area contributed by atoms with Crippen LogP contribution in [0.25, 0.3) is 28.0 Å². The fraction of sp³-hybridized carbons (Fsp3) is 0.182. The summed E-state index contributed by atoms with van der Waals surface area (Å²) in [7, 11) is 1.55. The summed E-state index contributed by atoms with van der Waals surface area (Å²) in [5, 5.41) is 15.1. The molecular formula is C22H18F2N6O. The van der Waals surface area contributed by atoms with Crippen molar-refractivity contribution in [1.82, 2.24) is 19.6 Å². The second kappa shape index (κ2) is 7.42. The van der Waals surface area contributed by atoms with Gasteiger partial charge in [-0.3, -0.25) is 14.9 Å². The van der Waals surface area contributed by atoms with E-state index >= 15 is 0 Å². The highest BCUT2D eigenvalue weighted by molar-refractivity contribution is 6.03. The number of aliphatic imine (C=N–C) groups is 1. The van der Waals surface area contributed by atoms with E-state index in [4.69, 9.17) is 10.1 Å². The molecule has 0 amide bonds. The Morgan fingerprint density at radius 2 is 1.97 bits per heavy atom. The van der Waals surface area contributed by atoms with Crippen molar-refractivity contribution < 1.29 is 13.5 Å². The van der Waals surface area contributed by atoms with Crippen molar-refractivity contribution in [3.05, 3.63) is 66.3 Å². The summed E-state index contributed by atoms with van der Waals surface area (Å²) in [5.41, 5.74) is 2.34. The molecule has 0 aliphatic heterocycles. The van der Waals surface area contributed by atoms with Crippen molar-refractivity contribution in [2.75, 3.05) is 7.11 Å². The third-order valence-corrected chi connectivity index (χ3v) is 5.27. The van der Waals surface area contributed by atoms with Crippen molar-refractivity contribution in [3.8, 4) is 22.4 Å². The number of fused-ring (bicyclic) bond motifs is 1. The highest BCUT2D eigenvalue weighted by atomic mass is 19.1. The zero-order valence-electron chi connectivity index (χ0n) is 16.6. The van der Waals surface area contributed by atoms with Gasteiger partial charge in [0.25, 0.3) is 0 Å². The Kier molecular flexibility index (Phi) is 4.58. The molecule has 7 nitrogen and oxygen atoms in total. The largest absolute Gasteiger partial charge is 0.484 e. The van der Waals surface area contributed by atoms with E-state index < -0.39 is 11.6 Å². The van der Waals surface area contributed by atoms with Gasteiger partial charge in [-0.15, -0.1) is 0 Å². The summed E-state index contributed by atoms with van der Waals surface area (Å²) in [6.07, 6.45) is 6.84. The standard InChI is InChI=1S/C22H18F2N6O/c1-31-22(12-5-6-12)28-21(25)17-10-26-18-8-7-13(11-30(17)18)14-9-27-29-20(14)19-15(23)3-2-4-16(19)24/h2-4,7-12,25H,5-6H2,1H3,(H,27,29). The summed E-state index contributed by atoms with van der Waals surface area (Å²) < 4.78 is 35.7. The van der Waals surface area contributed by atoms with E-state index in [2.05, 4.69) is 20.2 Å². The lowest BCUT2D eigenvalue weighted by atomic mass is 10.0. The molecule has 0 saturated heterocycles. The SMILES string of the molecule is COC(=NC(=N)c1cnc2ccc(-c3cn[nH]c3-c3c(F)cccc3F)cn12)C1CC1. The van der Waals surface area contributed by atoms with Crippen LogP contribution in [0.3, 0.4) is 0 Å². The van der Waals surface area contributed by atoms with Crippen LogP contribution >= 0.6 is 0 Å². The first-order chi connectivity index (χ1) is 15.1. The number of hydrogen-bond acceptors (Lipinski definition) is 4. The molecule has 1 fully saturated rings. The monoisotopic (exact) mass is 420 g/mol. The van der Waals surface area contributed by atoms with Gasteiger partial charge in [0.15, 0.2) is 11.7 Å². The fourth-order valence-corrected chi connectivity index (χ4v) is 3.55. The Bertz CT molecular complexity index is 1310. The van der Waals surface area contributed by atoms with Crippen LogP contribution in [0.1, 0.15) is 18.5 Å². The lowest BCUT2D eigenvalue weighted by Crippen LogP contribution is -2.09. The number of halogens is 2. The molecule has 0 atom stereocenters. The molecular weight excluding hydrogens is 402 g/mol. The number of nitrogens with zero attached hydrogens (tertiary/aromatic N) is 4. The molecule has 1 saturated carbocycles. The molecule has 0 spiro atoms. The maximum absolute atomic E-state index is 14.4. The molecule has 31 heavy (non-hydrogen) atoms. The van der Waals surface area contributed by atoms with Gasteiger partial charge < -0.3 is 4.74 Å². The van der Waals surface area contributed by atoms with Gasteiger partial charge in [0.05, 0.1) is 30.8 Å². The van der Waals surface area contributed by atoms with Crippen LogP contribution in [0.15, 0.2) is 53.9 Å². The number of amidine groups is 1. The first-order valence-corrected chi connectivity index (χ1v) is 9.73. The van der Waals surface area contributed by atoms with Crippen LogP contribution in [0.4, 0.5) is 8.78 Å². The van der Waals surface area contributed by atoms with Gasteiger partial charge in [-0.2, -0.15) is 10.1 Å². The smallest absolute Gasteiger partial charge is 0.192 e. The Morgan fingerprint density at radius 1 is 1.19 bits per heavy atom. The van der Waals surface area contributed by atoms with E-state index in [1.165, 1.54) is 24.4 Å². The van der Waals surface area contributed by atoms with E-state index in [1.54, 1.807) is 36.0 Å². The zero-order valence-corrected chi connectivity index (χ0v) is 16.6. The number of H-pyrrole nitrogens is 1. The predicted octanol–water partition coefficient (Wildman–Crippen LogP) is 4.45. The Balaban J connectivity index is 1.59. The quantitative estimate of drug-likeness (QED) is 0.377. The highest BCUT2D eigenvalue weighted by Gasteiger charge is 2.29. The van der Waals surface area contributed by atoms with Gasteiger partial charge in [0.2, 0.25) is 0 Å². The highest BCUT2D eigenvalue weighted by Crippen LogP contribution is 2.34. The summed E-state index contributed by atoms with van der Waals surface area (Å²) in [4.78, 5) is 8.66. The molecule has 2 N–H and O–H groups in total. The summed E-state index contributed by atoms with van der Waals surface area (Å²) in [5.74, 6) is -0.523. The lowest BCUT2D eigenvalue weighted by molar-refractivity contribution is 0.387. The Morgan fingerprint density at radius 3 is 2.68 bits per heavy atom. The van der Waals surface area contributed by atoms with E-state index in [0.29, 0.717) is 28.4 Å². The molecule has 0 unspecified atom stereocenters. The number of ether oxygens (including phenoxy) is 1. The number of imidazole rings is 1. The average Bonchev–Trinajstić information content (AvgIpc) is 3.34. The molecule has 0 bridgehead atoms. The van der Waals surface area contributed by atoms with Gasteiger partial charge in [-0.25, -0.2) is 13.8 Å². The third kappa shape index (κ3) is 3.37. The van der Waals surface area contributed by atoms with Crippen LogP contribution in [0, 0.1) is 23.0 Å². The first-order valence-electron chi connectivity index (χ1n) is 9.73. The Hall–Kier alpha value is -3.88. The second-order valence-electron chi connectivity index (χ2n) is 7.32. The lowest BCUT2D eigenvalue weighted by Gasteiger charge is -2.08. The third-order valence-electron chi connectivity index (χ3n) is 5.27. The predicted molar refractivity (Wildman–Crippen MR) is 112 cm³/mol. The van der Waals surface area contributed by atoms with Crippen LogP contribution < -0.4 is 0 Å². The van der Waals surface area contributed by atoms with Gasteiger partial charge >= 0.3 is 0 Å². The molecule has 3 heterocycles. The van der Waals surface area contributed by atoms with E-state index in [1.807, 2.05) is 0 Å². The number of nitrogens with one attached hydrogen (secondary N) is 2. The average molecular weight is 420 g/mol. The van der Waals surface area contributed by atoms with Gasteiger partial charge in [0.1, 0.15) is 23.0 Å². The number of aromatic nitrogens is 4. The summed E-state index contributed by atoms with van der Waals surface area (Å²) >= 11 is 0. The van der Waals surface area contributed by atoms with Crippen molar-refractivity contribution in [3.63, 3.8) is 0 Å². The van der Waals surface area contributed by atoms with Gasteiger partial charge in [0, 0.05) is 23.2 Å². The molecule has 156 valence electrons. The van der Waals surface area contributed by atoms with Crippen molar-refractivity contribution >= 4 is 17.4 Å². The topological polar surface area (TPSA) is 91.4 Å². The minimum Gasteiger partial charge on any atom is -0.484 e. The first kappa shape index (κ1) is 19.1. The van der Waals surface area contributed by atoms with Crippen molar-refractivity contribution in [2.45, 2.75) is 12.8 Å². The number of hydrogen-bond donors (Lipinski definition) is 2. The molecule has 9 heteroatoms. The molecule has 1 aliphatic rings. The molecule has 5 rings (SSSR count). The van der Waals surface area contributed by atoms with Crippen molar-refractivity contribution in [1.29, 1.82) is 5.41 Å². The minimum atomic E-state index is -0.682. The van der Waals surface area contributed by atoms with Crippen LogP contribution in [-0.2, 0) is 4.74 Å². The van der Waals surface area contributed by atoms with E-state index in [0.717, 1.165) is 12.8 Å². The van der Waals surface area contributed by atoms with Gasteiger partial charge in [-0.1, -0.05) is 6.07 Å². The molecule has 3 aromatic heterocycles. The molecule has 0 radical (unpaired) electrons. The van der Waals surface area contributed by atoms with Crippen LogP contribution in [-0.4, -0.2) is 38.4 Å². The fourth-order valence-electron chi connectivity index (χ4n) is 3.55. The Labute approximate surface area is 175 Å². The summed E-state index contributed by atoms with van der Waals surface area (Å²) in [6, 6.07) is 7.27. The number of aromatic amines is 1. The number of benzene rings is 1. The minimum absolute atomic E-state index is 0.0287. The maximum Gasteiger partial charge on any atom is 0.192 e. The second-order valence-corrected chi connectivity index (χ2v) is 7.32. The molecule has 4 aromatic rings. The van der Waals surface area contributed by atoms with E-state index in [-0.39, 0.29) is 23.0 Å². The van der Waals surface area contributed by atoms with Gasteiger partial charge in [-0.05, 0) is 37.1 Å². The normalized spacial score (nSPS) is 14.2. The van der Waals surface area contributed by atoms with Crippen LogP contribution in [0.5, 0.6) is 0 Å². The van der Waals surface area contributed by atoms with Crippen molar-refractivity contribution in [2.24, 2.45) is 10.9 Å². The van der Waals surface area contributed by atoms with E-state index in [9.17, 15) is 8.78 Å².